The van der Waals surface area contributed by atoms with Crippen LogP contribution in [0.2, 0.25) is 0 Å². The van der Waals surface area contributed by atoms with E-state index in [1.165, 1.54) is 11.1 Å². The molecule has 2 aromatic carbocycles. The summed E-state index contributed by atoms with van der Waals surface area (Å²) in [5, 5.41) is 3.02. The van der Waals surface area contributed by atoms with Crippen molar-refractivity contribution in [2.75, 3.05) is 27.3 Å². The number of fused-ring (bicyclic) bond motifs is 2. The molecular weight excluding hydrogens is 344 g/mol. The molecule has 1 N–H and O–H groups in total. The number of para-hydroxylation sites is 1. The van der Waals surface area contributed by atoms with E-state index in [0.717, 1.165) is 29.9 Å². The van der Waals surface area contributed by atoms with Crippen LogP contribution in [0.1, 0.15) is 16.7 Å². The predicted molar refractivity (Wildman–Crippen MR) is 102 cm³/mol. The molecule has 0 aromatic heterocycles. The Morgan fingerprint density at radius 1 is 1.15 bits per heavy atom. The van der Waals surface area contributed by atoms with E-state index in [9.17, 15) is 4.79 Å². The van der Waals surface area contributed by atoms with Gasteiger partial charge in [0.25, 0.3) is 0 Å². The van der Waals surface area contributed by atoms with Crippen LogP contribution in [0.3, 0.4) is 0 Å². The van der Waals surface area contributed by atoms with E-state index in [4.69, 9.17) is 14.2 Å². The number of nitrogens with zero attached hydrogens (tertiary/aromatic N) is 1. The number of hydrogen-bond donors (Lipinski definition) is 1. The molecule has 2 aliphatic heterocycles. The number of rotatable bonds is 4. The zero-order valence-corrected chi connectivity index (χ0v) is 15.7. The van der Waals surface area contributed by atoms with Gasteiger partial charge in [-0.1, -0.05) is 18.2 Å². The summed E-state index contributed by atoms with van der Waals surface area (Å²) in [6.45, 7) is 1.75. The van der Waals surface area contributed by atoms with Crippen molar-refractivity contribution in [1.29, 1.82) is 0 Å². The standard InChI is InChI=1S/C21H24N2O4/c1-25-19-10-14-7-8-23(13-16(14)11-20(19)26-2)21(24)22-12-17-9-15-5-3-4-6-18(15)27-17/h3-6,10-11,17H,7-9,12-13H2,1-2H3,(H,22,24). The van der Waals surface area contributed by atoms with Gasteiger partial charge in [0, 0.05) is 19.5 Å². The van der Waals surface area contributed by atoms with Crippen molar-refractivity contribution < 1.29 is 19.0 Å². The first-order chi connectivity index (χ1) is 13.2. The van der Waals surface area contributed by atoms with Gasteiger partial charge in [0.2, 0.25) is 0 Å². The minimum Gasteiger partial charge on any atom is -0.493 e. The summed E-state index contributed by atoms with van der Waals surface area (Å²) < 4.78 is 16.6. The molecule has 27 heavy (non-hydrogen) atoms. The fraction of sp³-hybridized carbons (Fsp3) is 0.381. The minimum atomic E-state index is -0.0602. The van der Waals surface area contributed by atoms with Gasteiger partial charge >= 0.3 is 6.03 Å². The number of methoxy groups -OCH3 is 2. The summed E-state index contributed by atoms with van der Waals surface area (Å²) in [6, 6.07) is 11.9. The lowest BCUT2D eigenvalue weighted by atomic mass is 9.99. The highest BCUT2D eigenvalue weighted by Crippen LogP contribution is 2.33. The zero-order chi connectivity index (χ0) is 18.8. The largest absolute Gasteiger partial charge is 0.493 e. The van der Waals surface area contributed by atoms with E-state index < -0.39 is 0 Å². The second-order valence-corrected chi connectivity index (χ2v) is 6.89. The van der Waals surface area contributed by atoms with Crippen LogP contribution in [0.25, 0.3) is 0 Å². The van der Waals surface area contributed by atoms with Crippen molar-refractivity contribution in [2.24, 2.45) is 0 Å². The molecule has 0 fully saturated rings. The molecule has 1 unspecified atom stereocenters. The molecule has 0 radical (unpaired) electrons. The molecule has 4 rings (SSSR count). The highest BCUT2D eigenvalue weighted by molar-refractivity contribution is 5.74. The molecule has 0 bridgehead atoms. The molecule has 0 saturated carbocycles. The number of benzene rings is 2. The van der Waals surface area contributed by atoms with Gasteiger partial charge in [-0.3, -0.25) is 0 Å². The molecule has 6 nitrogen and oxygen atoms in total. The molecule has 1 atom stereocenters. The van der Waals surface area contributed by atoms with Crippen LogP contribution in [0.5, 0.6) is 17.2 Å². The Kier molecular flexibility index (Phi) is 4.79. The van der Waals surface area contributed by atoms with Gasteiger partial charge in [-0.15, -0.1) is 0 Å². The number of carbonyl (C=O) groups is 1. The maximum atomic E-state index is 12.6. The van der Waals surface area contributed by atoms with Crippen LogP contribution < -0.4 is 19.5 Å². The molecule has 142 valence electrons. The second-order valence-electron chi connectivity index (χ2n) is 6.89. The smallest absolute Gasteiger partial charge is 0.317 e. The summed E-state index contributed by atoms with van der Waals surface area (Å²) in [5.41, 5.74) is 3.49. The molecule has 0 saturated heterocycles. The van der Waals surface area contributed by atoms with Crippen molar-refractivity contribution in [3.05, 3.63) is 53.1 Å². The fourth-order valence-corrected chi connectivity index (χ4v) is 3.74. The van der Waals surface area contributed by atoms with Crippen molar-refractivity contribution in [3.8, 4) is 17.2 Å². The maximum Gasteiger partial charge on any atom is 0.317 e. The van der Waals surface area contributed by atoms with Crippen molar-refractivity contribution in [2.45, 2.75) is 25.5 Å². The van der Waals surface area contributed by atoms with Crippen LogP contribution in [-0.4, -0.2) is 44.3 Å². The summed E-state index contributed by atoms with van der Waals surface area (Å²) >= 11 is 0. The summed E-state index contributed by atoms with van der Waals surface area (Å²) in [7, 11) is 3.26. The Bertz CT molecular complexity index is 827. The topological polar surface area (TPSA) is 60.0 Å². The van der Waals surface area contributed by atoms with E-state index in [1.54, 1.807) is 14.2 Å². The summed E-state index contributed by atoms with van der Waals surface area (Å²) in [5.74, 6) is 2.34. The number of nitrogens with one attached hydrogen (secondary N) is 1. The van der Waals surface area contributed by atoms with E-state index in [-0.39, 0.29) is 12.1 Å². The van der Waals surface area contributed by atoms with Gasteiger partial charge in [0.15, 0.2) is 11.5 Å². The normalized spacial score (nSPS) is 17.6. The number of hydrogen-bond acceptors (Lipinski definition) is 4. The van der Waals surface area contributed by atoms with Crippen molar-refractivity contribution >= 4 is 6.03 Å². The quantitative estimate of drug-likeness (QED) is 0.902. The highest BCUT2D eigenvalue weighted by atomic mass is 16.5. The van der Waals surface area contributed by atoms with E-state index in [1.807, 2.05) is 35.2 Å². The van der Waals surface area contributed by atoms with Crippen LogP contribution in [-0.2, 0) is 19.4 Å². The molecule has 2 aliphatic rings. The first kappa shape index (κ1) is 17.5. The first-order valence-corrected chi connectivity index (χ1v) is 9.19. The van der Waals surface area contributed by atoms with Gasteiger partial charge in [0.05, 0.1) is 20.8 Å². The predicted octanol–water partition coefficient (Wildman–Crippen LogP) is 2.78. The number of amides is 2. The molecule has 0 spiro atoms. The molecule has 2 heterocycles. The van der Waals surface area contributed by atoms with Crippen molar-refractivity contribution in [1.82, 2.24) is 10.2 Å². The fourth-order valence-electron chi connectivity index (χ4n) is 3.74. The Balaban J connectivity index is 1.36. The third kappa shape index (κ3) is 3.52. The summed E-state index contributed by atoms with van der Waals surface area (Å²) in [4.78, 5) is 14.4. The Hall–Kier alpha value is -2.89. The van der Waals surface area contributed by atoms with Gasteiger partial charge < -0.3 is 24.4 Å². The monoisotopic (exact) mass is 368 g/mol. The van der Waals surface area contributed by atoms with Crippen LogP contribution in [0.15, 0.2) is 36.4 Å². The Labute approximate surface area is 159 Å². The van der Waals surface area contributed by atoms with E-state index >= 15 is 0 Å². The van der Waals surface area contributed by atoms with Crippen molar-refractivity contribution in [3.63, 3.8) is 0 Å². The van der Waals surface area contributed by atoms with Gasteiger partial charge in [-0.2, -0.15) is 0 Å². The minimum absolute atomic E-state index is 0.00668. The number of ether oxygens (including phenoxy) is 3. The number of carbonyl (C=O) groups excluding carboxylic acids is 1. The van der Waals surface area contributed by atoms with Crippen LogP contribution >= 0.6 is 0 Å². The lowest BCUT2D eigenvalue weighted by Gasteiger charge is -2.30. The number of urea groups is 1. The van der Waals surface area contributed by atoms with E-state index in [0.29, 0.717) is 25.4 Å². The van der Waals surface area contributed by atoms with Gasteiger partial charge in [-0.05, 0) is 41.3 Å². The molecule has 0 aliphatic carbocycles. The summed E-state index contributed by atoms with van der Waals surface area (Å²) in [6.07, 6.45) is 1.62. The Morgan fingerprint density at radius 3 is 2.63 bits per heavy atom. The van der Waals surface area contributed by atoms with Crippen LogP contribution in [0, 0.1) is 0 Å². The Morgan fingerprint density at radius 2 is 1.89 bits per heavy atom. The second kappa shape index (κ2) is 7.39. The molecule has 6 heteroatoms. The highest BCUT2D eigenvalue weighted by Gasteiger charge is 2.26. The zero-order valence-electron chi connectivity index (χ0n) is 15.7. The molecular formula is C21H24N2O4. The lowest BCUT2D eigenvalue weighted by Crippen LogP contribution is -2.45. The van der Waals surface area contributed by atoms with E-state index in [2.05, 4.69) is 11.4 Å². The maximum absolute atomic E-state index is 12.6. The van der Waals surface area contributed by atoms with Gasteiger partial charge in [0.1, 0.15) is 11.9 Å². The van der Waals surface area contributed by atoms with Gasteiger partial charge in [-0.25, -0.2) is 4.79 Å². The third-order valence-electron chi connectivity index (χ3n) is 5.20. The average molecular weight is 368 g/mol. The van der Waals surface area contributed by atoms with Crippen LogP contribution in [0.4, 0.5) is 4.79 Å². The third-order valence-corrected chi connectivity index (χ3v) is 5.20. The lowest BCUT2D eigenvalue weighted by molar-refractivity contribution is 0.180. The SMILES string of the molecule is COc1cc2c(cc1OC)CN(C(=O)NCC1Cc3ccccc3O1)CC2. The molecule has 2 aromatic rings. The average Bonchev–Trinajstić information content (AvgIpc) is 3.13. The molecule has 2 amide bonds. The first-order valence-electron chi connectivity index (χ1n) is 9.19.